The lowest BCUT2D eigenvalue weighted by Crippen LogP contribution is -2.52. The van der Waals surface area contributed by atoms with Gasteiger partial charge < -0.3 is 15.3 Å². The maximum atomic E-state index is 10.8. The molecule has 0 radical (unpaired) electrons. The molecule has 0 saturated carbocycles. The van der Waals surface area contributed by atoms with Crippen molar-refractivity contribution in [3.8, 4) is 0 Å². The Bertz CT molecular complexity index is 385. The normalized spacial score (nSPS) is 17.2. The number of halogens is 1. The first-order chi connectivity index (χ1) is 10.0. The number of hydrogen-bond donors (Lipinski definition) is 3. The van der Waals surface area contributed by atoms with E-state index < -0.39 is 23.7 Å². The Balaban J connectivity index is 2.70. The molecule has 120 valence electrons. The molecule has 3 N–H and O–H groups in total. The maximum Gasteiger partial charge on any atom is 0.109 e. The Morgan fingerprint density at radius 3 is 2.38 bits per heavy atom. The molecule has 1 rings (SSSR count). The SMILES string of the molecule is CCCCCCC(O)(C(O)CO)C(Cl)Cc1ccccc1. The summed E-state index contributed by atoms with van der Waals surface area (Å²) in [5, 5.41) is 29.3. The summed E-state index contributed by atoms with van der Waals surface area (Å²) in [6.07, 6.45) is 3.63. The standard InChI is InChI=1S/C17H27ClO3/c1-2-3-4-8-11-17(21,16(20)13-19)15(18)12-14-9-6-5-7-10-14/h5-7,9-10,15-16,19-21H,2-4,8,11-13H2,1H3. The van der Waals surface area contributed by atoms with Gasteiger partial charge in [-0.15, -0.1) is 11.6 Å². The van der Waals surface area contributed by atoms with E-state index in [2.05, 4.69) is 6.92 Å². The molecule has 0 aromatic heterocycles. The first kappa shape index (κ1) is 18.4. The second kappa shape index (κ2) is 9.42. The van der Waals surface area contributed by atoms with Crippen LogP contribution in [-0.4, -0.2) is 39.0 Å². The average Bonchev–Trinajstić information content (AvgIpc) is 2.51. The third kappa shape index (κ3) is 5.59. The molecule has 1 aromatic rings. The number of unbranched alkanes of at least 4 members (excludes halogenated alkanes) is 3. The largest absolute Gasteiger partial charge is 0.394 e. The van der Waals surface area contributed by atoms with Gasteiger partial charge in [0.25, 0.3) is 0 Å². The van der Waals surface area contributed by atoms with E-state index in [1.54, 1.807) is 0 Å². The maximum absolute atomic E-state index is 10.8. The van der Waals surface area contributed by atoms with Gasteiger partial charge in [-0.3, -0.25) is 0 Å². The Labute approximate surface area is 132 Å². The summed E-state index contributed by atoms with van der Waals surface area (Å²) in [5.74, 6) is 0. The van der Waals surface area contributed by atoms with Crippen LogP contribution in [0.2, 0.25) is 0 Å². The fourth-order valence-corrected chi connectivity index (χ4v) is 2.96. The van der Waals surface area contributed by atoms with Crippen LogP contribution in [0.4, 0.5) is 0 Å². The van der Waals surface area contributed by atoms with Crippen molar-refractivity contribution in [1.29, 1.82) is 0 Å². The van der Waals surface area contributed by atoms with Crippen molar-refractivity contribution in [3.05, 3.63) is 35.9 Å². The number of aliphatic hydroxyl groups excluding tert-OH is 2. The van der Waals surface area contributed by atoms with Gasteiger partial charge >= 0.3 is 0 Å². The van der Waals surface area contributed by atoms with Gasteiger partial charge in [0.05, 0.1) is 12.0 Å². The molecule has 4 heteroatoms. The lowest BCUT2D eigenvalue weighted by molar-refractivity contribution is -0.102. The molecule has 3 unspecified atom stereocenters. The first-order valence-corrected chi connectivity index (χ1v) is 8.17. The fraction of sp³-hybridized carbons (Fsp3) is 0.647. The highest BCUT2D eigenvalue weighted by Crippen LogP contribution is 2.30. The third-order valence-corrected chi connectivity index (χ3v) is 4.51. The van der Waals surface area contributed by atoms with E-state index in [1.807, 2.05) is 30.3 Å². The van der Waals surface area contributed by atoms with Crippen molar-refractivity contribution in [2.75, 3.05) is 6.61 Å². The van der Waals surface area contributed by atoms with Crippen molar-refractivity contribution < 1.29 is 15.3 Å². The highest BCUT2D eigenvalue weighted by molar-refractivity contribution is 6.21. The van der Waals surface area contributed by atoms with Gasteiger partial charge in [-0.25, -0.2) is 0 Å². The van der Waals surface area contributed by atoms with Gasteiger partial charge in [-0.1, -0.05) is 62.9 Å². The van der Waals surface area contributed by atoms with Crippen LogP contribution in [-0.2, 0) is 6.42 Å². The van der Waals surface area contributed by atoms with Gasteiger partial charge in [0, 0.05) is 0 Å². The zero-order chi connectivity index (χ0) is 15.7. The van der Waals surface area contributed by atoms with Crippen molar-refractivity contribution in [1.82, 2.24) is 0 Å². The van der Waals surface area contributed by atoms with Crippen LogP contribution in [0.1, 0.15) is 44.6 Å². The molecule has 0 spiro atoms. The molecule has 0 aliphatic carbocycles. The van der Waals surface area contributed by atoms with E-state index in [4.69, 9.17) is 11.6 Å². The minimum atomic E-state index is -1.46. The summed E-state index contributed by atoms with van der Waals surface area (Å²) >= 11 is 6.39. The van der Waals surface area contributed by atoms with Gasteiger partial charge in [0.2, 0.25) is 0 Å². The van der Waals surface area contributed by atoms with Gasteiger partial charge in [0.15, 0.2) is 0 Å². The molecule has 21 heavy (non-hydrogen) atoms. The molecule has 0 fully saturated rings. The number of rotatable bonds is 10. The minimum Gasteiger partial charge on any atom is -0.394 e. The van der Waals surface area contributed by atoms with Crippen molar-refractivity contribution in [2.24, 2.45) is 0 Å². The van der Waals surface area contributed by atoms with E-state index in [-0.39, 0.29) is 0 Å². The number of benzene rings is 1. The van der Waals surface area contributed by atoms with E-state index >= 15 is 0 Å². The molecule has 3 nitrogen and oxygen atoms in total. The molecule has 0 aliphatic rings. The van der Waals surface area contributed by atoms with Gasteiger partial charge in [-0.2, -0.15) is 0 Å². The summed E-state index contributed by atoms with van der Waals surface area (Å²) in [5.41, 5.74) is -0.450. The zero-order valence-electron chi connectivity index (χ0n) is 12.7. The predicted molar refractivity (Wildman–Crippen MR) is 86.6 cm³/mol. The summed E-state index contributed by atoms with van der Waals surface area (Å²) in [7, 11) is 0. The highest BCUT2D eigenvalue weighted by Gasteiger charge is 2.41. The van der Waals surface area contributed by atoms with Crippen LogP contribution in [0.15, 0.2) is 30.3 Å². The number of alkyl halides is 1. The van der Waals surface area contributed by atoms with Crippen LogP contribution < -0.4 is 0 Å². The molecule has 0 bridgehead atoms. The second-order valence-electron chi connectivity index (χ2n) is 5.66. The molecule has 0 heterocycles. The summed E-state index contributed by atoms with van der Waals surface area (Å²) in [6.45, 7) is 1.64. The lowest BCUT2D eigenvalue weighted by Gasteiger charge is -2.36. The Morgan fingerprint density at radius 2 is 1.81 bits per heavy atom. The highest BCUT2D eigenvalue weighted by atomic mass is 35.5. The second-order valence-corrected chi connectivity index (χ2v) is 6.18. The monoisotopic (exact) mass is 314 g/mol. The molecule has 1 aromatic carbocycles. The third-order valence-electron chi connectivity index (χ3n) is 3.98. The van der Waals surface area contributed by atoms with E-state index in [0.717, 1.165) is 31.2 Å². The molecular formula is C17H27ClO3. The Hall–Kier alpha value is -0.610. The van der Waals surface area contributed by atoms with Crippen LogP contribution in [0, 0.1) is 0 Å². The van der Waals surface area contributed by atoms with Crippen LogP contribution in [0.3, 0.4) is 0 Å². The van der Waals surface area contributed by atoms with Gasteiger partial charge in [0.1, 0.15) is 11.7 Å². The van der Waals surface area contributed by atoms with Gasteiger partial charge in [-0.05, 0) is 18.4 Å². The van der Waals surface area contributed by atoms with Crippen molar-refractivity contribution >= 4 is 11.6 Å². The van der Waals surface area contributed by atoms with Crippen LogP contribution >= 0.6 is 11.6 Å². The summed E-state index contributed by atoms with van der Waals surface area (Å²) < 4.78 is 0. The molecule has 0 amide bonds. The van der Waals surface area contributed by atoms with Crippen LogP contribution in [0.5, 0.6) is 0 Å². The fourth-order valence-electron chi connectivity index (χ4n) is 2.52. The Kier molecular flexibility index (Phi) is 8.27. The average molecular weight is 315 g/mol. The molecule has 0 saturated heterocycles. The predicted octanol–water partition coefficient (Wildman–Crippen LogP) is 2.89. The summed E-state index contributed by atoms with van der Waals surface area (Å²) in [4.78, 5) is 0. The first-order valence-electron chi connectivity index (χ1n) is 7.73. The molecule has 3 atom stereocenters. The lowest BCUT2D eigenvalue weighted by atomic mass is 9.84. The zero-order valence-corrected chi connectivity index (χ0v) is 13.5. The summed E-state index contributed by atoms with van der Waals surface area (Å²) in [6, 6.07) is 9.64. The number of aliphatic hydroxyl groups is 3. The van der Waals surface area contributed by atoms with Crippen molar-refractivity contribution in [3.63, 3.8) is 0 Å². The van der Waals surface area contributed by atoms with E-state index in [9.17, 15) is 15.3 Å². The topological polar surface area (TPSA) is 60.7 Å². The smallest absolute Gasteiger partial charge is 0.109 e. The quantitative estimate of drug-likeness (QED) is 0.460. The van der Waals surface area contributed by atoms with Crippen LogP contribution in [0.25, 0.3) is 0 Å². The van der Waals surface area contributed by atoms with E-state index in [0.29, 0.717) is 12.8 Å². The molecular weight excluding hydrogens is 288 g/mol. The molecule has 0 aliphatic heterocycles. The van der Waals surface area contributed by atoms with E-state index in [1.165, 1.54) is 0 Å². The number of hydrogen-bond acceptors (Lipinski definition) is 3. The van der Waals surface area contributed by atoms with Crippen molar-refractivity contribution in [2.45, 2.75) is 62.5 Å². The Morgan fingerprint density at radius 1 is 1.14 bits per heavy atom. The minimum absolute atomic E-state index is 0.399.